The zero-order chi connectivity index (χ0) is 19.0. The molecule has 0 saturated carbocycles. The Hall–Kier alpha value is -2.74. The Bertz CT molecular complexity index is 777. The number of aromatic nitrogens is 2. The molecule has 5 heteroatoms. The maximum atomic E-state index is 12.5. The molecule has 26 heavy (non-hydrogen) atoms. The van der Waals surface area contributed by atoms with Gasteiger partial charge in [-0.05, 0) is 45.4 Å². The summed E-state index contributed by atoms with van der Waals surface area (Å²) >= 11 is 0. The molecule has 0 aliphatic carbocycles. The third kappa shape index (κ3) is 6.29. The predicted molar refractivity (Wildman–Crippen MR) is 106 cm³/mol. The van der Waals surface area contributed by atoms with E-state index in [9.17, 15) is 4.79 Å². The van der Waals surface area contributed by atoms with E-state index < -0.39 is 0 Å². The van der Waals surface area contributed by atoms with Crippen LogP contribution < -0.4 is 10.6 Å². The molecule has 138 valence electrons. The molecule has 0 aliphatic rings. The summed E-state index contributed by atoms with van der Waals surface area (Å²) in [7, 11) is 0. The van der Waals surface area contributed by atoms with Gasteiger partial charge in [-0.15, -0.1) is 0 Å². The van der Waals surface area contributed by atoms with Crippen LogP contribution in [0.3, 0.4) is 0 Å². The number of imidazole rings is 1. The van der Waals surface area contributed by atoms with Crippen molar-refractivity contribution in [3.8, 4) is 11.8 Å². The van der Waals surface area contributed by atoms with Crippen molar-refractivity contribution in [3.63, 3.8) is 0 Å². The smallest absolute Gasteiger partial charge is 0.252 e. The van der Waals surface area contributed by atoms with Gasteiger partial charge in [0.2, 0.25) is 0 Å². The monoisotopic (exact) mass is 352 g/mol. The third-order valence-electron chi connectivity index (χ3n) is 3.69. The Balaban J connectivity index is 2.22. The molecule has 1 amide bonds. The summed E-state index contributed by atoms with van der Waals surface area (Å²) in [6.45, 7) is 9.59. The first-order chi connectivity index (χ1) is 12.4. The topological polar surface area (TPSA) is 69.8 Å². The van der Waals surface area contributed by atoms with Crippen molar-refractivity contribution in [2.75, 3.05) is 11.9 Å². The first-order valence-electron chi connectivity index (χ1n) is 9.05. The Morgan fingerprint density at radius 1 is 1.31 bits per heavy atom. The van der Waals surface area contributed by atoms with Crippen molar-refractivity contribution in [1.82, 2.24) is 15.3 Å². The van der Waals surface area contributed by atoms with Gasteiger partial charge in [0.25, 0.3) is 5.91 Å². The first-order valence-corrected chi connectivity index (χ1v) is 9.05. The molecule has 0 unspecified atom stereocenters. The number of unbranched alkanes of at least 4 members (excludes halogenated alkanes) is 1. The number of nitrogens with zero attached hydrogens (tertiary/aromatic N) is 1. The number of carbonyl (C=O) groups excluding carboxylic acids is 1. The average Bonchev–Trinajstić information content (AvgIpc) is 3.11. The first kappa shape index (κ1) is 19.6. The molecule has 1 aromatic carbocycles. The molecule has 5 nitrogen and oxygen atoms in total. The standard InChI is InChI=1S/C21H28N4O/c1-5-6-11-23-20(26)19-8-7-17(24-14-18-13-22-15-25-18)12-16(19)9-10-21(2,3)4/h7-8,12-13,15,24H,5-6,11,14H2,1-4H3,(H,22,25)(H,23,26). The zero-order valence-electron chi connectivity index (χ0n) is 16.1. The van der Waals surface area contributed by atoms with Gasteiger partial charge in [0.15, 0.2) is 0 Å². The fourth-order valence-corrected chi connectivity index (χ4v) is 2.26. The SMILES string of the molecule is CCCCNC(=O)c1ccc(NCc2cnc[nH]2)cc1C#CC(C)(C)C. The lowest BCUT2D eigenvalue weighted by atomic mass is 9.96. The highest BCUT2D eigenvalue weighted by molar-refractivity contribution is 5.97. The quantitative estimate of drug-likeness (QED) is 0.522. The largest absolute Gasteiger partial charge is 0.379 e. The molecule has 0 atom stereocenters. The van der Waals surface area contributed by atoms with Crippen LogP contribution in [0, 0.1) is 17.3 Å². The minimum atomic E-state index is -0.130. The highest BCUT2D eigenvalue weighted by Crippen LogP contribution is 2.18. The molecule has 1 heterocycles. The lowest BCUT2D eigenvalue weighted by Gasteiger charge is -2.11. The van der Waals surface area contributed by atoms with Crippen LogP contribution in [0.2, 0.25) is 0 Å². The van der Waals surface area contributed by atoms with Crippen molar-refractivity contribution in [1.29, 1.82) is 0 Å². The van der Waals surface area contributed by atoms with Crippen molar-refractivity contribution in [3.05, 3.63) is 47.5 Å². The summed E-state index contributed by atoms with van der Waals surface area (Å²) in [4.78, 5) is 19.6. The fourth-order valence-electron chi connectivity index (χ4n) is 2.26. The van der Waals surface area contributed by atoms with Crippen LogP contribution in [-0.4, -0.2) is 22.4 Å². The van der Waals surface area contributed by atoms with E-state index in [1.54, 1.807) is 12.5 Å². The van der Waals surface area contributed by atoms with Crippen LogP contribution in [0.15, 0.2) is 30.7 Å². The highest BCUT2D eigenvalue weighted by Gasteiger charge is 2.12. The number of hydrogen-bond donors (Lipinski definition) is 3. The maximum Gasteiger partial charge on any atom is 0.252 e. The molecule has 0 spiro atoms. The average molecular weight is 352 g/mol. The van der Waals surface area contributed by atoms with Crippen LogP contribution in [0.5, 0.6) is 0 Å². The number of H-pyrrole nitrogens is 1. The third-order valence-corrected chi connectivity index (χ3v) is 3.69. The van der Waals surface area contributed by atoms with E-state index in [0.29, 0.717) is 18.7 Å². The summed E-state index contributed by atoms with van der Waals surface area (Å²) in [6, 6.07) is 5.68. The van der Waals surface area contributed by atoms with Crippen LogP contribution in [-0.2, 0) is 6.54 Å². The number of anilines is 1. The molecule has 2 rings (SSSR count). The van der Waals surface area contributed by atoms with Crippen LogP contribution in [0.1, 0.15) is 62.2 Å². The summed E-state index contributed by atoms with van der Waals surface area (Å²) < 4.78 is 0. The van der Waals surface area contributed by atoms with Crippen molar-refractivity contribution in [2.45, 2.75) is 47.1 Å². The van der Waals surface area contributed by atoms with E-state index in [-0.39, 0.29) is 11.3 Å². The summed E-state index contributed by atoms with van der Waals surface area (Å²) in [5.41, 5.74) is 3.14. The Morgan fingerprint density at radius 3 is 2.77 bits per heavy atom. The van der Waals surface area contributed by atoms with Crippen molar-refractivity contribution < 1.29 is 4.79 Å². The second-order valence-electron chi connectivity index (χ2n) is 7.30. The lowest BCUT2D eigenvalue weighted by molar-refractivity contribution is 0.0953. The van der Waals surface area contributed by atoms with Crippen molar-refractivity contribution >= 4 is 11.6 Å². The Kier molecular flexibility index (Phi) is 6.85. The second-order valence-corrected chi connectivity index (χ2v) is 7.30. The van der Waals surface area contributed by atoms with E-state index in [1.165, 1.54) is 0 Å². The lowest BCUT2D eigenvalue weighted by Crippen LogP contribution is -2.25. The molecule has 0 radical (unpaired) electrons. The molecule has 3 N–H and O–H groups in total. The molecule has 0 aliphatic heterocycles. The van der Waals surface area contributed by atoms with Gasteiger partial charge in [-0.25, -0.2) is 4.98 Å². The zero-order valence-corrected chi connectivity index (χ0v) is 16.1. The van der Waals surface area contributed by atoms with Crippen molar-refractivity contribution in [2.24, 2.45) is 5.41 Å². The number of nitrogens with one attached hydrogen (secondary N) is 3. The Labute approximate surface area is 156 Å². The Morgan fingerprint density at radius 2 is 2.12 bits per heavy atom. The van der Waals surface area contributed by atoms with Gasteiger partial charge in [-0.1, -0.05) is 25.2 Å². The summed E-state index contributed by atoms with van der Waals surface area (Å²) in [6.07, 6.45) is 5.45. The molecular weight excluding hydrogens is 324 g/mol. The highest BCUT2D eigenvalue weighted by atomic mass is 16.1. The summed E-state index contributed by atoms with van der Waals surface area (Å²) in [5.74, 6) is 6.34. The molecule has 0 fully saturated rings. The minimum absolute atomic E-state index is 0.0724. The van der Waals surface area contributed by atoms with E-state index >= 15 is 0 Å². The molecule has 0 saturated heterocycles. The molecule has 0 bridgehead atoms. The van der Waals surface area contributed by atoms with E-state index in [4.69, 9.17) is 0 Å². The predicted octanol–water partition coefficient (Wildman–Crippen LogP) is 3.95. The number of rotatable bonds is 7. The number of amides is 1. The fraction of sp³-hybridized carbons (Fsp3) is 0.429. The van der Waals surface area contributed by atoms with E-state index in [0.717, 1.165) is 29.8 Å². The van der Waals surface area contributed by atoms with Gasteiger partial charge in [-0.3, -0.25) is 4.79 Å². The van der Waals surface area contributed by atoms with E-state index in [1.807, 2.05) is 18.2 Å². The van der Waals surface area contributed by atoms with Crippen LogP contribution >= 0.6 is 0 Å². The van der Waals surface area contributed by atoms with Gasteiger partial charge >= 0.3 is 0 Å². The van der Waals surface area contributed by atoms with Gasteiger partial charge in [0.1, 0.15) is 0 Å². The molecule has 2 aromatic rings. The van der Waals surface area contributed by atoms with Crippen LogP contribution in [0.25, 0.3) is 0 Å². The normalized spacial score (nSPS) is 10.8. The minimum Gasteiger partial charge on any atom is -0.379 e. The van der Waals surface area contributed by atoms with Gasteiger partial charge in [-0.2, -0.15) is 0 Å². The number of hydrogen-bond acceptors (Lipinski definition) is 3. The number of aromatic amines is 1. The molecular formula is C21H28N4O. The van der Waals surface area contributed by atoms with E-state index in [2.05, 4.69) is 60.1 Å². The maximum absolute atomic E-state index is 12.5. The van der Waals surface area contributed by atoms with Crippen LogP contribution in [0.4, 0.5) is 5.69 Å². The molecule has 1 aromatic heterocycles. The number of benzene rings is 1. The second kappa shape index (κ2) is 9.10. The number of carbonyl (C=O) groups is 1. The van der Waals surface area contributed by atoms with Gasteiger partial charge in [0.05, 0.1) is 24.1 Å². The van der Waals surface area contributed by atoms with Gasteiger partial charge < -0.3 is 15.6 Å². The van der Waals surface area contributed by atoms with Gasteiger partial charge in [0, 0.05) is 29.4 Å². The summed E-state index contributed by atoms with van der Waals surface area (Å²) in [5, 5.41) is 6.30.